The number of benzene rings is 3. The molecule has 2 fully saturated rings. The van der Waals surface area contributed by atoms with Crippen LogP contribution in [-0.2, 0) is 33.9 Å². The minimum Gasteiger partial charge on any atom is -0.508 e. The van der Waals surface area contributed by atoms with Crippen LogP contribution in [0.5, 0.6) is 11.5 Å². The maximum Gasteiger partial charge on any atom is 0.332 e. The number of fused-ring (bicyclic) bond motifs is 2. The molecule has 0 spiro atoms. The Balaban J connectivity index is 1.29. The number of phenolic OH excluding ortho intramolecular Hbond substituents is 1. The van der Waals surface area contributed by atoms with E-state index < -0.39 is 12.2 Å². The zero-order chi connectivity index (χ0) is 31.0. The average molecular weight is 599 g/mol. The van der Waals surface area contributed by atoms with E-state index in [9.17, 15) is 24.3 Å². The lowest BCUT2D eigenvalue weighted by Gasteiger charge is -2.46. The van der Waals surface area contributed by atoms with Gasteiger partial charge in [-0.2, -0.15) is 5.01 Å². The molecule has 12 heteroatoms. The number of carbonyl (C=O) groups is 4. The Kier molecular flexibility index (Phi) is 7.83. The summed E-state index contributed by atoms with van der Waals surface area (Å²) in [6, 6.07) is 20.3. The molecule has 3 aromatic rings. The molecule has 0 aromatic heterocycles. The molecule has 6 rings (SSSR count). The van der Waals surface area contributed by atoms with Crippen molar-refractivity contribution >= 4 is 29.5 Å². The van der Waals surface area contributed by atoms with Gasteiger partial charge in [-0.1, -0.05) is 54.6 Å². The number of phenols is 1. The number of rotatable bonds is 7. The Morgan fingerprint density at radius 1 is 0.977 bits per heavy atom. The Morgan fingerprint density at radius 2 is 1.73 bits per heavy atom. The molecule has 0 radical (unpaired) electrons. The average Bonchev–Trinajstić information content (AvgIpc) is 3.34. The highest BCUT2D eigenvalue weighted by Gasteiger charge is 2.51. The van der Waals surface area contributed by atoms with Crippen LogP contribution in [0.4, 0.5) is 10.5 Å². The van der Waals surface area contributed by atoms with Crippen molar-refractivity contribution in [3.05, 3.63) is 89.5 Å². The van der Waals surface area contributed by atoms with Crippen LogP contribution in [0.15, 0.2) is 72.8 Å². The van der Waals surface area contributed by atoms with Crippen molar-refractivity contribution in [3.8, 4) is 11.5 Å². The number of aromatic hydroxyl groups is 1. The lowest BCUT2D eigenvalue weighted by atomic mass is 9.99. The van der Waals surface area contributed by atoms with Crippen molar-refractivity contribution in [2.24, 2.45) is 0 Å². The van der Waals surface area contributed by atoms with Crippen LogP contribution < -0.4 is 15.0 Å². The molecule has 0 bridgehead atoms. The third kappa shape index (κ3) is 5.63. The summed E-state index contributed by atoms with van der Waals surface area (Å²) in [5.74, 6) is -0.301. The first-order chi connectivity index (χ1) is 21.2. The molecule has 3 aliphatic rings. The van der Waals surface area contributed by atoms with Crippen molar-refractivity contribution in [2.45, 2.75) is 31.7 Å². The van der Waals surface area contributed by atoms with Gasteiger partial charge in [0, 0.05) is 33.6 Å². The number of urea groups is 1. The number of amides is 4. The molecule has 2 atom stereocenters. The zero-order valence-electron chi connectivity index (χ0n) is 24.6. The largest absolute Gasteiger partial charge is 0.508 e. The summed E-state index contributed by atoms with van der Waals surface area (Å²) in [5.41, 5.74) is 3.26. The van der Waals surface area contributed by atoms with Crippen LogP contribution in [0.1, 0.15) is 16.7 Å². The Labute approximate surface area is 255 Å². The highest BCUT2D eigenvalue weighted by atomic mass is 16.5. The number of hydrazine groups is 1. The highest BCUT2D eigenvalue weighted by molar-refractivity contribution is 5.92. The number of nitrogens with zero attached hydrogens (tertiary/aromatic N) is 5. The van der Waals surface area contributed by atoms with E-state index in [2.05, 4.69) is 5.32 Å². The quantitative estimate of drug-likeness (QED) is 0.312. The van der Waals surface area contributed by atoms with E-state index in [0.717, 1.165) is 22.4 Å². The van der Waals surface area contributed by atoms with Gasteiger partial charge < -0.3 is 29.9 Å². The van der Waals surface area contributed by atoms with Crippen molar-refractivity contribution in [1.29, 1.82) is 0 Å². The number of anilines is 1. The summed E-state index contributed by atoms with van der Waals surface area (Å²) in [6.07, 6.45) is -0.357. The molecule has 4 amide bonds. The molecule has 12 nitrogen and oxygen atoms in total. The van der Waals surface area contributed by atoms with Crippen LogP contribution in [0, 0.1) is 0 Å². The Bertz CT molecular complexity index is 1580. The van der Waals surface area contributed by atoms with Crippen LogP contribution >= 0.6 is 0 Å². The number of hydrogen-bond acceptors (Lipinski definition) is 8. The molecule has 3 heterocycles. The number of ether oxygens (including phenoxy) is 1. The van der Waals surface area contributed by atoms with Crippen LogP contribution in [0.25, 0.3) is 0 Å². The van der Waals surface area contributed by atoms with Crippen LogP contribution in [0.3, 0.4) is 0 Å². The summed E-state index contributed by atoms with van der Waals surface area (Å²) in [5, 5.41) is 15.8. The molecule has 2 saturated heterocycles. The fourth-order valence-corrected chi connectivity index (χ4v) is 6.15. The molecule has 3 aliphatic heterocycles. The van der Waals surface area contributed by atoms with Crippen molar-refractivity contribution in [3.63, 3.8) is 0 Å². The van der Waals surface area contributed by atoms with E-state index in [1.54, 1.807) is 70.2 Å². The first-order valence-electron chi connectivity index (χ1n) is 14.4. The van der Waals surface area contributed by atoms with E-state index >= 15 is 0 Å². The van der Waals surface area contributed by atoms with Crippen molar-refractivity contribution in [2.75, 3.05) is 38.6 Å². The number of esters is 1. The number of piperazine rings is 1. The fourth-order valence-electron chi connectivity index (χ4n) is 6.15. The zero-order valence-corrected chi connectivity index (χ0v) is 24.6. The van der Waals surface area contributed by atoms with E-state index in [-0.39, 0.29) is 62.2 Å². The van der Waals surface area contributed by atoms with Crippen LogP contribution in [-0.4, -0.2) is 94.7 Å². The minimum absolute atomic E-state index is 0.0630. The number of carbonyl (C=O) groups excluding carboxylic acids is 4. The van der Waals surface area contributed by atoms with Gasteiger partial charge in [-0.15, -0.1) is 0 Å². The van der Waals surface area contributed by atoms with Gasteiger partial charge >= 0.3 is 12.0 Å². The minimum atomic E-state index is -0.827. The standard InChI is InChI=1S/C32H34N6O6/c1-34-20-29(41)44-26-10-6-9-23(30(26)34)17-36-18-27-37(35(2)32(43)33-16-22-7-4-3-5-8-22)19-28(40)38(27)25(31(36)42)15-21-11-13-24(39)14-12-21/h3-14,25,27,39H,15-20H2,1-2H3,(H,33,43)/t25-,27+/m0/s1. The molecule has 0 unspecified atom stereocenters. The number of para-hydroxylation sites is 1. The number of likely N-dealkylation sites (N-methyl/N-ethyl adjacent to an activating group) is 1. The molecule has 0 saturated carbocycles. The molecule has 228 valence electrons. The smallest absolute Gasteiger partial charge is 0.332 e. The summed E-state index contributed by atoms with van der Waals surface area (Å²) in [7, 11) is 3.42. The summed E-state index contributed by atoms with van der Waals surface area (Å²) in [6.45, 7) is 0.730. The Hall–Kier alpha value is -5.10. The second-order valence-electron chi connectivity index (χ2n) is 11.2. The Morgan fingerprint density at radius 3 is 2.48 bits per heavy atom. The number of hydrogen-bond donors (Lipinski definition) is 2. The maximum absolute atomic E-state index is 14.1. The van der Waals surface area contributed by atoms with Gasteiger partial charge in [0.15, 0.2) is 5.75 Å². The summed E-state index contributed by atoms with van der Waals surface area (Å²) >= 11 is 0. The molecule has 3 aromatic carbocycles. The maximum atomic E-state index is 14.1. The van der Waals surface area contributed by atoms with Gasteiger partial charge in [-0.25, -0.2) is 9.59 Å². The second-order valence-corrected chi connectivity index (χ2v) is 11.2. The van der Waals surface area contributed by atoms with E-state index in [4.69, 9.17) is 4.74 Å². The first kappa shape index (κ1) is 29.0. The van der Waals surface area contributed by atoms with Crippen molar-refractivity contribution < 1.29 is 29.0 Å². The second kappa shape index (κ2) is 11.9. The van der Waals surface area contributed by atoms with E-state index in [1.165, 1.54) is 5.01 Å². The third-order valence-corrected chi connectivity index (χ3v) is 8.31. The van der Waals surface area contributed by atoms with Gasteiger partial charge in [-0.3, -0.25) is 14.6 Å². The van der Waals surface area contributed by atoms with Gasteiger partial charge in [0.2, 0.25) is 11.8 Å². The summed E-state index contributed by atoms with van der Waals surface area (Å²) < 4.78 is 5.47. The first-order valence-corrected chi connectivity index (χ1v) is 14.4. The van der Waals surface area contributed by atoms with Crippen molar-refractivity contribution in [1.82, 2.24) is 25.1 Å². The SMILES string of the molecule is CN1CC(=O)Oc2cccc(CN3C[C@H]4N(C(=O)CN4N(C)C(=O)NCc4ccccc4)[C@@H](Cc4ccc(O)cc4)C3=O)c21. The predicted octanol–water partition coefficient (Wildman–Crippen LogP) is 1.93. The van der Waals surface area contributed by atoms with E-state index in [1.807, 2.05) is 36.4 Å². The molecule has 2 N–H and O–H groups in total. The fraction of sp³-hybridized carbons (Fsp3) is 0.312. The predicted molar refractivity (Wildman–Crippen MR) is 160 cm³/mol. The van der Waals surface area contributed by atoms with Gasteiger partial charge in [0.05, 0.1) is 18.8 Å². The topological polar surface area (TPSA) is 126 Å². The van der Waals surface area contributed by atoms with Gasteiger partial charge in [0.1, 0.15) is 24.5 Å². The van der Waals surface area contributed by atoms with E-state index in [0.29, 0.717) is 12.3 Å². The third-order valence-electron chi connectivity index (χ3n) is 8.31. The highest BCUT2D eigenvalue weighted by Crippen LogP contribution is 2.37. The normalized spacial score (nSPS) is 19.9. The lowest BCUT2D eigenvalue weighted by Crippen LogP contribution is -2.65. The molecule has 44 heavy (non-hydrogen) atoms. The van der Waals surface area contributed by atoms with Crippen LogP contribution in [0.2, 0.25) is 0 Å². The molecule has 0 aliphatic carbocycles. The monoisotopic (exact) mass is 598 g/mol. The molecular weight excluding hydrogens is 564 g/mol. The molecular formula is C32H34N6O6. The van der Waals surface area contributed by atoms with Gasteiger partial charge in [-0.05, 0) is 34.9 Å². The summed E-state index contributed by atoms with van der Waals surface area (Å²) in [4.78, 5) is 58.0. The lowest BCUT2D eigenvalue weighted by molar-refractivity contribution is -0.157. The number of nitrogens with one attached hydrogen (secondary N) is 1. The van der Waals surface area contributed by atoms with Gasteiger partial charge in [0.25, 0.3) is 0 Å².